The van der Waals surface area contributed by atoms with Gasteiger partial charge in [-0.2, -0.15) is 0 Å². The van der Waals surface area contributed by atoms with Crippen molar-refractivity contribution in [1.82, 2.24) is 0 Å². The standard InChI is InChI=1S/C12H17BrO2/c1-4-5-11(13)10-8-9(14-2)6-7-12(10)15-3/h6-8,11H,4-5H2,1-3H3. The molecule has 0 fully saturated rings. The molecule has 1 atom stereocenters. The second-order valence-corrected chi connectivity index (χ2v) is 4.47. The van der Waals surface area contributed by atoms with E-state index in [4.69, 9.17) is 9.47 Å². The van der Waals surface area contributed by atoms with Crippen molar-refractivity contribution in [2.75, 3.05) is 14.2 Å². The van der Waals surface area contributed by atoms with Crippen molar-refractivity contribution < 1.29 is 9.47 Å². The fraction of sp³-hybridized carbons (Fsp3) is 0.500. The molecule has 1 aromatic rings. The van der Waals surface area contributed by atoms with Crippen LogP contribution in [-0.4, -0.2) is 14.2 Å². The highest BCUT2D eigenvalue weighted by Gasteiger charge is 2.13. The Morgan fingerprint density at radius 2 is 2.00 bits per heavy atom. The van der Waals surface area contributed by atoms with Crippen LogP contribution in [0.2, 0.25) is 0 Å². The highest BCUT2D eigenvalue weighted by Crippen LogP contribution is 2.36. The molecule has 3 heteroatoms. The fourth-order valence-electron chi connectivity index (χ4n) is 1.49. The van der Waals surface area contributed by atoms with Crippen molar-refractivity contribution in [2.45, 2.75) is 24.6 Å². The van der Waals surface area contributed by atoms with Crippen LogP contribution < -0.4 is 9.47 Å². The maximum Gasteiger partial charge on any atom is 0.123 e. The molecule has 0 aromatic heterocycles. The van der Waals surface area contributed by atoms with Gasteiger partial charge in [-0.1, -0.05) is 29.3 Å². The van der Waals surface area contributed by atoms with Gasteiger partial charge in [0.25, 0.3) is 0 Å². The van der Waals surface area contributed by atoms with Gasteiger partial charge in [-0.15, -0.1) is 0 Å². The first-order chi connectivity index (χ1) is 7.22. The van der Waals surface area contributed by atoms with E-state index in [1.807, 2.05) is 18.2 Å². The van der Waals surface area contributed by atoms with Gasteiger partial charge in [0.1, 0.15) is 11.5 Å². The van der Waals surface area contributed by atoms with Gasteiger partial charge in [0.05, 0.1) is 14.2 Å². The molecule has 1 unspecified atom stereocenters. The molecule has 0 bridgehead atoms. The van der Waals surface area contributed by atoms with Crippen molar-refractivity contribution in [1.29, 1.82) is 0 Å². The predicted molar refractivity (Wildman–Crippen MR) is 66.1 cm³/mol. The van der Waals surface area contributed by atoms with Crippen LogP contribution in [0, 0.1) is 0 Å². The van der Waals surface area contributed by atoms with Crippen LogP contribution in [0.15, 0.2) is 18.2 Å². The molecule has 0 heterocycles. The zero-order chi connectivity index (χ0) is 11.3. The first kappa shape index (κ1) is 12.4. The minimum absolute atomic E-state index is 0.326. The number of alkyl halides is 1. The van der Waals surface area contributed by atoms with E-state index in [9.17, 15) is 0 Å². The first-order valence-electron chi connectivity index (χ1n) is 5.09. The van der Waals surface area contributed by atoms with Gasteiger partial charge in [0, 0.05) is 10.4 Å². The summed E-state index contributed by atoms with van der Waals surface area (Å²) in [6.45, 7) is 2.17. The maximum absolute atomic E-state index is 5.33. The van der Waals surface area contributed by atoms with E-state index in [2.05, 4.69) is 22.9 Å². The highest BCUT2D eigenvalue weighted by molar-refractivity contribution is 9.09. The number of benzene rings is 1. The molecule has 0 N–H and O–H groups in total. The molecule has 0 aliphatic carbocycles. The molecule has 0 saturated heterocycles. The first-order valence-corrected chi connectivity index (χ1v) is 6.00. The van der Waals surface area contributed by atoms with Crippen LogP contribution in [-0.2, 0) is 0 Å². The van der Waals surface area contributed by atoms with E-state index in [0.29, 0.717) is 4.83 Å². The summed E-state index contributed by atoms with van der Waals surface area (Å²) in [6, 6.07) is 5.87. The number of methoxy groups -OCH3 is 2. The molecule has 0 saturated carbocycles. The van der Waals surface area contributed by atoms with Gasteiger partial charge in [-0.25, -0.2) is 0 Å². The zero-order valence-corrected chi connectivity index (χ0v) is 11.0. The molecular weight excluding hydrogens is 256 g/mol. The molecule has 15 heavy (non-hydrogen) atoms. The summed E-state index contributed by atoms with van der Waals surface area (Å²) >= 11 is 3.67. The molecule has 0 aliphatic rings. The number of ether oxygens (including phenoxy) is 2. The lowest BCUT2D eigenvalue weighted by Gasteiger charge is -2.14. The number of hydrogen-bond donors (Lipinski definition) is 0. The summed E-state index contributed by atoms with van der Waals surface area (Å²) < 4.78 is 10.5. The van der Waals surface area contributed by atoms with Crippen LogP contribution in [0.3, 0.4) is 0 Å². The van der Waals surface area contributed by atoms with Crippen molar-refractivity contribution >= 4 is 15.9 Å². The Balaban J connectivity index is 3.00. The number of hydrogen-bond acceptors (Lipinski definition) is 2. The summed E-state index contributed by atoms with van der Waals surface area (Å²) in [5, 5.41) is 0. The normalized spacial score (nSPS) is 12.3. The number of rotatable bonds is 5. The summed E-state index contributed by atoms with van der Waals surface area (Å²) in [5.74, 6) is 1.78. The quantitative estimate of drug-likeness (QED) is 0.756. The van der Waals surface area contributed by atoms with Gasteiger partial charge in [-0.3, -0.25) is 0 Å². The van der Waals surface area contributed by atoms with Gasteiger partial charge in [0.15, 0.2) is 0 Å². The van der Waals surface area contributed by atoms with Gasteiger partial charge in [0.2, 0.25) is 0 Å². The lowest BCUT2D eigenvalue weighted by atomic mass is 10.1. The summed E-state index contributed by atoms with van der Waals surface area (Å²) in [4.78, 5) is 0.326. The second kappa shape index (κ2) is 6.01. The van der Waals surface area contributed by atoms with E-state index >= 15 is 0 Å². The van der Waals surface area contributed by atoms with Crippen LogP contribution in [0.1, 0.15) is 30.2 Å². The zero-order valence-electron chi connectivity index (χ0n) is 9.42. The average Bonchev–Trinajstić information content (AvgIpc) is 2.28. The largest absolute Gasteiger partial charge is 0.497 e. The molecule has 2 nitrogen and oxygen atoms in total. The Bertz CT molecular complexity index is 312. The number of halogens is 1. The SMILES string of the molecule is CCCC(Br)c1cc(OC)ccc1OC. The third-order valence-electron chi connectivity index (χ3n) is 2.32. The molecule has 0 amide bonds. The van der Waals surface area contributed by atoms with Crippen molar-refractivity contribution in [3.8, 4) is 11.5 Å². The topological polar surface area (TPSA) is 18.5 Å². The molecule has 0 radical (unpaired) electrons. The molecule has 0 spiro atoms. The van der Waals surface area contributed by atoms with Crippen LogP contribution in [0.25, 0.3) is 0 Å². The third-order valence-corrected chi connectivity index (χ3v) is 3.27. The van der Waals surface area contributed by atoms with Crippen LogP contribution >= 0.6 is 15.9 Å². The lowest BCUT2D eigenvalue weighted by Crippen LogP contribution is -1.96. The summed E-state index contributed by atoms with van der Waals surface area (Å²) in [5.41, 5.74) is 1.15. The van der Waals surface area contributed by atoms with E-state index in [1.165, 1.54) is 0 Å². The van der Waals surface area contributed by atoms with Gasteiger partial charge < -0.3 is 9.47 Å². The van der Waals surface area contributed by atoms with Crippen molar-refractivity contribution in [2.24, 2.45) is 0 Å². The third kappa shape index (κ3) is 3.13. The minimum Gasteiger partial charge on any atom is -0.497 e. The maximum atomic E-state index is 5.33. The van der Waals surface area contributed by atoms with Crippen LogP contribution in [0.5, 0.6) is 11.5 Å². The Morgan fingerprint density at radius 1 is 1.27 bits per heavy atom. The predicted octanol–water partition coefficient (Wildman–Crippen LogP) is 3.94. The molecule has 0 aliphatic heterocycles. The Hall–Kier alpha value is -0.700. The van der Waals surface area contributed by atoms with E-state index in [1.54, 1.807) is 14.2 Å². The van der Waals surface area contributed by atoms with Gasteiger partial charge >= 0.3 is 0 Å². The lowest BCUT2D eigenvalue weighted by molar-refractivity contribution is 0.398. The van der Waals surface area contributed by atoms with E-state index in [-0.39, 0.29) is 0 Å². The minimum atomic E-state index is 0.326. The van der Waals surface area contributed by atoms with Crippen molar-refractivity contribution in [3.05, 3.63) is 23.8 Å². The average molecular weight is 273 g/mol. The smallest absolute Gasteiger partial charge is 0.123 e. The molecular formula is C12H17BrO2. The molecule has 1 rings (SSSR count). The van der Waals surface area contributed by atoms with Crippen LogP contribution in [0.4, 0.5) is 0 Å². The highest BCUT2D eigenvalue weighted by atomic mass is 79.9. The Kier molecular flexibility index (Phi) is 4.95. The second-order valence-electron chi connectivity index (χ2n) is 3.36. The van der Waals surface area contributed by atoms with Gasteiger partial charge in [-0.05, 0) is 24.6 Å². The Labute approximate surface area is 99.7 Å². The van der Waals surface area contributed by atoms with E-state index < -0.39 is 0 Å². The fourth-order valence-corrected chi connectivity index (χ4v) is 2.31. The monoisotopic (exact) mass is 272 g/mol. The molecule has 84 valence electrons. The van der Waals surface area contributed by atoms with E-state index in [0.717, 1.165) is 29.9 Å². The summed E-state index contributed by atoms with van der Waals surface area (Å²) in [7, 11) is 3.37. The summed E-state index contributed by atoms with van der Waals surface area (Å²) in [6.07, 6.45) is 2.22. The van der Waals surface area contributed by atoms with Crippen molar-refractivity contribution in [3.63, 3.8) is 0 Å². The molecule has 1 aromatic carbocycles. The Morgan fingerprint density at radius 3 is 2.53 bits per heavy atom.